The third-order valence-electron chi connectivity index (χ3n) is 2.28. The molecule has 0 saturated carbocycles. The van der Waals surface area contributed by atoms with Gasteiger partial charge in [0.05, 0.1) is 0 Å². The molecule has 2 aromatic rings. The Bertz CT molecular complexity index is 461. The molecule has 0 aliphatic heterocycles. The monoisotopic (exact) mass is 251 g/mol. The van der Waals surface area contributed by atoms with Gasteiger partial charge in [-0.3, -0.25) is 0 Å². The van der Waals surface area contributed by atoms with E-state index < -0.39 is 0 Å². The van der Waals surface area contributed by atoms with E-state index in [0.717, 1.165) is 22.7 Å². The molecule has 2 nitrogen and oxygen atoms in total. The zero-order chi connectivity index (χ0) is 9.97. The summed E-state index contributed by atoms with van der Waals surface area (Å²) in [5.74, 6) is 0. The number of aromatic nitrogens is 1. The molecule has 1 N–H and O–H groups in total. The highest BCUT2D eigenvalue weighted by atomic mass is 79.9. The zero-order valence-electron chi connectivity index (χ0n) is 7.59. The van der Waals surface area contributed by atoms with E-state index in [2.05, 4.69) is 27.0 Å². The molecule has 1 heterocycles. The molecular formula is C11H10BrNO. The fourth-order valence-electron chi connectivity index (χ4n) is 1.64. The molecule has 0 spiro atoms. The molecule has 0 amide bonds. The lowest BCUT2D eigenvalue weighted by Gasteiger charge is -2.00. The fourth-order valence-corrected chi connectivity index (χ4v) is 2.22. The summed E-state index contributed by atoms with van der Waals surface area (Å²) in [6.07, 6.45) is 4.27. The summed E-state index contributed by atoms with van der Waals surface area (Å²) in [5, 5.41) is 1.19. The van der Waals surface area contributed by atoms with Gasteiger partial charge in [0.2, 0.25) is 0 Å². The molecule has 0 aliphatic rings. The zero-order valence-corrected chi connectivity index (χ0v) is 9.17. The maximum atomic E-state index is 10.3. The van der Waals surface area contributed by atoms with Crippen molar-refractivity contribution in [1.29, 1.82) is 0 Å². The van der Waals surface area contributed by atoms with E-state index >= 15 is 0 Å². The minimum absolute atomic E-state index is 0.580. The van der Waals surface area contributed by atoms with Gasteiger partial charge in [-0.05, 0) is 34.0 Å². The van der Waals surface area contributed by atoms with Crippen molar-refractivity contribution in [3.05, 3.63) is 34.4 Å². The van der Waals surface area contributed by atoms with Gasteiger partial charge in [-0.25, -0.2) is 0 Å². The van der Waals surface area contributed by atoms with Crippen molar-refractivity contribution >= 4 is 33.1 Å². The number of carbonyl (C=O) groups excluding carboxylic acids is 1. The van der Waals surface area contributed by atoms with Crippen LogP contribution in [0.3, 0.4) is 0 Å². The van der Waals surface area contributed by atoms with E-state index in [1.165, 1.54) is 10.9 Å². The SMILES string of the molecule is O=CCCc1cccc2[nH]cc(Br)c12. The van der Waals surface area contributed by atoms with Crippen LogP contribution in [-0.4, -0.2) is 11.3 Å². The van der Waals surface area contributed by atoms with Crippen molar-refractivity contribution in [3.63, 3.8) is 0 Å². The lowest BCUT2D eigenvalue weighted by atomic mass is 10.1. The normalized spacial score (nSPS) is 10.6. The molecule has 0 bridgehead atoms. The molecule has 1 aromatic carbocycles. The second-order valence-electron chi connectivity index (χ2n) is 3.18. The van der Waals surface area contributed by atoms with Crippen LogP contribution >= 0.6 is 15.9 Å². The van der Waals surface area contributed by atoms with E-state index in [-0.39, 0.29) is 0 Å². The minimum Gasteiger partial charge on any atom is -0.360 e. The molecule has 0 aliphatic carbocycles. The van der Waals surface area contributed by atoms with Gasteiger partial charge in [0.15, 0.2) is 0 Å². The van der Waals surface area contributed by atoms with Gasteiger partial charge in [-0.15, -0.1) is 0 Å². The first-order valence-corrected chi connectivity index (χ1v) is 5.30. The average molecular weight is 252 g/mol. The van der Waals surface area contributed by atoms with E-state index in [0.29, 0.717) is 6.42 Å². The number of aldehydes is 1. The predicted octanol–water partition coefficient (Wildman–Crippen LogP) is 3.06. The summed E-state index contributed by atoms with van der Waals surface area (Å²) in [4.78, 5) is 13.5. The lowest BCUT2D eigenvalue weighted by molar-refractivity contribution is -0.107. The second kappa shape index (κ2) is 3.96. The molecule has 2 rings (SSSR count). The lowest BCUT2D eigenvalue weighted by Crippen LogP contribution is -1.87. The van der Waals surface area contributed by atoms with Crippen molar-refractivity contribution in [2.24, 2.45) is 0 Å². The van der Waals surface area contributed by atoms with Gasteiger partial charge in [0.25, 0.3) is 0 Å². The van der Waals surface area contributed by atoms with Crippen molar-refractivity contribution in [2.45, 2.75) is 12.8 Å². The number of hydrogen-bond donors (Lipinski definition) is 1. The largest absolute Gasteiger partial charge is 0.360 e. The number of hydrogen-bond acceptors (Lipinski definition) is 1. The molecule has 3 heteroatoms. The second-order valence-corrected chi connectivity index (χ2v) is 4.04. The van der Waals surface area contributed by atoms with E-state index in [1.54, 1.807) is 0 Å². The molecule has 1 aromatic heterocycles. The van der Waals surface area contributed by atoms with Crippen LogP contribution in [0.2, 0.25) is 0 Å². The number of rotatable bonds is 3. The Hall–Kier alpha value is -1.09. The van der Waals surface area contributed by atoms with Crippen LogP contribution in [0.5, 0.6) is 0 Å². The molecule has 0 saturated heterocycles. The molecule has 0 radical (unpaired) electrons. The van der Waals surface area contributed by atoms with Crippen LogP contribution in [-0.2, 0) is 11.2 Å². The van der Waals surface area contributed by atoms with Crippen molar-refractivity contribution in [2.75, 3.05) is 0 Å². The van der Waals surface area contributed by atoms with Gasteiger partial charge in [-0.2, -0.15) is 0 Å². The smallest absolute Gasteiger partial charge is 0.120 e. The summed E-state index contributed by atoms with van der Waals surface area (Å²) >= 11 is 3.49. The van der Waals surface area contributed by atoms with Crippen LogP contribution < -0.4 is 0 Å². The first-order chi connectivity index (χ1) is 6.83. The quantitative estimate of drug-likeness (QED) is 0.836. The highest BCUT2D eigenvalue weighted by molar-refractivity contribution is 9.10. The summed E-state index contributed by atoms with van der Waals surface area (Å²) in [7, 11) is 0. The minimum atomic E-state index is 0.580. The standard InChI is InChI=1S/C11H10BrNO/c12-9-7-13-10-5-1-3-8(11(9)10)4-2-6-14/h1,3,5-7,13H,2,4H2. The van der Waals surface area contributed by atoms with Crippen LogP contribution in [0, 0.1) is 0 Å². The average Bonchev–Trinajstić information content (AvgIpc) is 2.58. The van der Waals surface area contributed by atoms with E-state index in [9.17, 15) is 4.79 Å². The Balaban J connectivity index is 2.51. The number of benzene rings is 1. The van der Waals surface area contributed by atoms with Crippen molar-refractivity contribution in [1.82, 2.24) is 4.98 Å². The number of aryl methyl sites for hydroxylation is 1. The van der Waals surface area contributed by atoms with Crippen LogP contribution in [0.4, 0.5) is 0 Å². The van der Waals surface area contributed by atoms with Crippen LogP contribution in [0.25, 0.3) is 10.9 Å². The topological polar surface area (TPSA) is 32.9 Å². The molecule has 0 fully saturated rings. The molecule has 14 heavy (non-hydrogen) atoms. The molecule has 0 unspecified atom stereocenters. The van der Waals surface area contributed by atoms with E-state index in [1.807, 2.05) is 18.3 Å². The summed E-state index contributed by atoms with van der Waals surface area (Å²) < 4.78 is 1.06. The molecular weight excluding hydrogens is 242 g/mol. The van der Waals surface area contributed by atoms with Gasteiger partial charge >= 0.3 is 0 Å². The Morgan fingerprint density at radius 3 is 3.07 bits per heavy atom. The first-order valence-electron chi connectivity index (χ1n) is 4.51. The summed E-state index contributed by atoms with van der Waals surface area (Å²) in [6.45, 7) is 0. The Morgan fingerprint density at radius 1 is 1.43 bits per heavy atom. The Morgan fingerprint density at radius 2 is 2.29 bits per heavy atom. The van der Waals surface area contributed by atoms with Gasteiger partial charge in [-0.1, -0.05) is 12.1 Å². The van der Waals surface area contributed by atoms with Gasteiger partial charge < -0.3 is 9.78 Å². The molecule has 72 valence electrons. The molecule has 0 atom stereocenters. The van der Waals surface area contributed by atoms with Crippen LogP contribution in [0.15, 0.2) is 28.9 Å². The van der Waals surface area contributed by atoms with E-state index in [4.69, 9.17) is 0 Å². The Kier molecular flexibility index (Phi) is 2.68. The summed E-state index contributed by atoms with van der Waals surface area (Å²) in [6, 6.07) is 6.10. The number of carbonyl (C=O) groups is 1. The van der Waals surface area contributed by atoms with Gasteiger partial charge in [0, 0.05) is 28.0 Å². The fraction of sp³-hybridized carbons (Fsp3) is 0.182. The summed E-state index contributed by atoms with van der Waals surface area (Å²) in [5.41, 5.74) is 2.32. The maximum absolute atomic E-state index is 10.3. The van der Waals surface area contributed by atoms with Crippen LogP contribution in [0.1, 0.15) is 12.0 Å². The number of fused-ring (bicyclic) bond motifs is 1. The third kappa shape index (κ3) is 1.60. The highest BCUT2D eigenvalue weighted by Crippen LogP contribution is 2.27. The Labute approximate surface area is 90.4 Å². The highest BCUT2D eigenvalue weighted by Gasteiger charge is 2.05. The first kappa shape index (κ1) is 9.46. The van der Waals surface area contributed by atoms with Crippen molar-refractivity contribution in [3.8, 4) is 0 Å². The van der Waals surface area contributed by atoms with Crippen molar-refractivity contribution < 1.29 is 4.79 Å². The third-order valence-corrected chi connectivity index (χ3v) is 2.90. The predicted molar refractivity (Wildman–Crippen MR) is 60.4 cm³/mol. The number of H-pyrrole nitrogens is 1. The number of aromatic amines is 1. The van der Waals surface area contributed by atoms with Gasteiger partial charge in [0.1, 0.15) is 6.29 Å². The number of halogens is 1. The maximum Gasteiger partial charge on any atom is 0.120 e. The number of nitrogens with one attached hydrogen (secondary N) is 1.